The van der Waals surface area contributed by atoms with Crippen LogP contribution in [0.15, 0.2) is 0 Å². The Morgan fingerprint density at radius 2 is 2.18 bits per heavy atom. The quantitative estimate of drug-likeness (QED) is 0.615. The maximum Gasteiger partial charge on any atom is 0.317 e. The minimum absolute atomic E-state index is 0.0741. The van der Waals surface area contributed by atoms with Crippen LogP contribution in [-0.2, 0) is 0 Å². The molecule has 2 amide bonds. The molecule has 0 aromatic heterocycles. The molecule has 3 heteroatoms. The summed E-state index contributed by atoms with van der Waals surface area (Å²) < 4.78 is 0. The molecule has 66 valence electrons. The van der Waals surface area contributed by atoms with Crippen molar-refractivity contribution in [2.45, 2.75) is 33.7 Å². The summed E-state index contributed by atoms with van der Waals surface area (Å²) in [4.78, 5) is 12.6. The molecular weight excluding hydrogens is 140 g/mol. The molecule has 3 nitrogen and oxygen atoms in total. The van der Waals surface area contributed by atoms with E-state index in [1.807, 2.05) is 32.6 Å². The molecule has 1 saturated heterocycles. The van der Waals surface area contributed by atoms with Gasteiger partial charge in [-0.25, -0.2) is 4.79 Å². The van der Waals surface area contributed by atoms with Crippen LogP contribution >= 0.6 is 0 Å². The normalized spacial score (nSPS) is 22.4. The molecule has 1 aliphatic rings. The number of nitrogens with one attached hydrogen (secondary N) is 1. The standard InChI is InChI=1S/C6H12N2O.C2H6/c1-3-8-5(2)4-7-6(8)9;1-2/h5H,3-4H2,1-2H3,(H,7,9);1-2H3/t5-;/m0./s1. The minimum atomic E-state index is 0.0741. The van der Waals surface area contributed by atoms with Crippen molar-refractivity contribution >= 4 is 6.03 Å². The molecule has 0 bridgehead atoms. The second-order valence-electron chi connectivity index (χ2n) is 2.32. The third-order valence-corrected chi connectivity index (χ3v) is 1.68. The second-order valence-corrected chi connectivity index (χ2v) is 2.32. The number of hydrogen-bond acceptors (Lipinski definition) is 1. The Kier molecular flexibility index (Phi) is 4.66. The summed E-state index contributed by atoms with van der Waals surface area (Å²) in [5.41, 5.74) is 0. The molecule has 1 atom stereocenters. The molecule has 1 N–H and O–H groups in total. The van der Waals surface area contributed by atoms with E-state index in [0.717, 1.165) is 13.1 Å². The summed E-state index contributed by atoms with van der Waals surface area (Å²) in [7, 11) is 0. The SMILES string of the molecule is CC.CCN1C(=O)NC[C@@H]1C. The number of hydrogen-bond donors (Lipinski definition) is 1. The van der Waals surface area contributed by atoms with Crippen molar-refractivity contribution < 1.29 is 4.79 Å². The zero-order chi connectivity index (χ0) is 8.85. The largest absolute Gasteiger partial charge is 0.336 e. The zero-order valence-corrected chi connectivity index (χ0v) is 7.85. The predicted molar refractivity (Wildman–Crippen MR) is 46.6 cm³/mol. The van der Waals surface area contributed by atoms with E-state index in [9.17, 15) is 4.79 Å². The van der Waals surface area contributed by atoms with E-state index >= 15 is 0 Å². The molecule has 0 radical (unpaired) electrons. The Bertz CT molecular complexity index is 125. The Morgan fingerprint density at radius 3 is 2.36 bits per heavy atom. The van der Waals surface area contributed by atoms with Crippen LogP contribution in [0.1, 0.15) is 27.7 Å². The van der Waals surface area contributed by atoms with Crippen molar-refractivity contribution in [2.75, 3.05) is 13.1 Å². The van der Waals surface area contributed by atoms with Crippen LogP contribution in [0.2, 0.25) is 0 Å². The van der Waals surface area contributed by atoms with Crippen LogP contribution in [0.4, 0.5) is 4.79 Å². The van der Waals surface area contributed by atoms with Crippen LogP contribution in [0.25, 0.3) is 0 Å². The van der Waals surface area contributed by atoms with Gasteiger partial charge in [0.05, 0.1) is 0 Å². The van der Waals surface area contributed by atoms with E-state index in [4.69, 9.17) is 0 Å². The highest BCUT2D eigenvalue weighted by atomic mass is 16.2. The van der Waals surface area contributed by atoms with Crippen molar-refractivity contribution in [1.29, 1.82) is 0 Å². The van der Waals surface area contributed by atoms with E-state index in [-0.39, 0.29) is 6.03 Å². The number of amides is 2. The number of likely N-dealkylation sites (N-methyl/N-ethyl adjacent to an activating group) is 1. The number of rotatable bonds is 1. The molecule has 0 aromatic carbocycles. The summed E-state index contributed by atoms with van der Waals surface area (Å²) >= 11 is 0. The monoisotopic (exact) mass is 158 g/mol. The molecule has 0 spiro atoms. The highest BCUT2D eigenvalue weighted by Gasteiger charge is 2.24. The van der Waals surface area contributed by atoms with Crippen LogP contribution in [0.3, 0.4) is 0 Å². The van der Waals surface area contributed by atoms with Crippen molar-refractivity contribution in [1.82, 2.24) is 10.2 Å². The van der Waals surface area contributed by atoms with Gasteiger partial charge < -0.3 is 10.2 Å². The van der Waals surface area contributed by atoms with Crippen molar-refractivity contribution in [3.05, 3.63) is 0 Å². The fourth-order valence-electron chi connectivity index (χ4n) is 1.10. The third kappa shape index (κ3) is 2.41. The molecular formula is C8H18N2O. The number of carbonyl (C=O) groups is 1. The minimum Gasteiger partial charge on any atom is -0.336 e. The van der Waals surface area contributed by atoms with Gasteiger partial charge >= 0.3 is 6.03 Å². The number of carbonyl (C=O) groups excluding carboxylic acids is 1. The van der Waals surface area contributed by atoms with Crippen molar-refractivity contribution in [3.63, 3.8) is 0 Å². The van der Waals surface area contributed by atoms with Gasteiger partial charge in [-0.15, -0.1) is 0 Å². The van der Waals surface area contributed by atoms with E-state index in [1.165, 1.54) is 0 Å². The van der Waals surface area contributed by atoms with E-state index < -0.39 is 0 Å². The summed E-state index contributed by atoms with van der Waals surface area (Å²) in [6.07, 6.45) is 0. The van der Waals surface area contributed by atoms with Gasteiger partial charge in [-0.3, -0.25) is 0 Å². The van der Waals surface area contributed by atoms with Crippen LogP contribution in [-0.4, -0.2) is 30.1 Å². The van der Waals surface area contributed by atoms with Gasteiger partial charge in [0.25, 0.3) is 0 Å². The maximum atomic E-state index is 10.8. The first-order valence-corrected chi connectivity index (χ1v) is 4.30. The summed E-state index contributed by atoms with van der Waals surface area (Å²) in [6.45, 7) is 9.64. The Hall–Kier alpha value is -0.730. The number of nitrogens with zero attached hydrogens (tertiary/aromatic N) is 1. The fraction of sp³-hybridized carbons (Fsp3) is 0.875. The van der Waals surface area contributed by atoms with Gasteiger partial charge in [0.1, 0.15) is 0 Å². The average Bonchev–Trinajstić information content (AvgIpc) is 2.35. The lowest BCUT2D eigenvalue weighted by Crippen LogP contribution is -2.31. The molecule has 0 aromatic rings. The van der Waals surface area contributed by atoms with Crippen LogP contribution in [0.5, 0.6) is 0 Å². The van der Waals surface area contributed by atoms with E-state index in [1.54, 1.807) is 0 Å². The first-order valence-electron chi connectivity index (χ1n) is 4.30. The van der Waals surface area contributed by atoms with Gasteiger partial charge in [-0.1, -0.05) is 13.8 Å². The Labute approximate surface area is 68.8 Å². The summed E-state index contributed by atoms with van der Waals surface area (Å²) in [5, 5.41) is 2.76. The maximum absolute atomic E-state index is 10.8. The van der Waals surface area contributed by atoms with Gasteiger partial charge in [0, 0.05) is 19.1 Å². The molecule has 0 saturated carbocycles. The highest BCUT2D eigenvalue weighted by Crippen LogP contribution is 2.03. The van der Waals surface area contributed by atoms with Gasteiger partial charge in [-0.2, -0.15) is 0 Å². The molecule has 0 unspecified atom stereocenters. The molecule has 1 rings (SSSR count). The lowest BCUT2D eigenvalue weighted by atomic mass is 10.3. The molecule has 0 aliphatic carbocycles. The Balaban J connectivity index is 0.000000461. The van der Waals surface area contributed by atoms with Gasteiger partial charge in [0.2, 0.25) is 0 Å². The van der Waals surface area contributed by atoms with Crippen LogP contribution in [0, 0.1) is 0 Å². The average molecular weight is 158 g/mol. The van der Waals surface area contributed by atoms with Gasteiger partial charge in [0.15, 0.2) is 0 Å². The zero-order valence-electron chi connectivity index (χ0n) is 7.85. The summed E-state index contributed by atoms with van der Waals surface area (Å²) in [6, 6.07) is 0.451. The Morgan fingerprint density at radius 1 is 1.64 bits per heavy atom. The first kappa shape index (κ1) is 10.3. The predicted octanol–water partition coefficient (Wildman–Crippen LogP) is 1.45. The fourth-order valence-corrected chi connectivity index (χ4v) is 1.10. The topological polar surface area (TPSA) is 32.3 Å². The third-order valence-electron chi connectivity index (χ3n) is 1.68. The highest BCUT2D eigenvalue weighted by molar-refractivity contribution is 5.76. The molecule has 11 heavy (non-hydrogen) atoms. The second kappa shape index (κ2) is 4.99. The van der Waals surface area contributed by atoms with E-state index in [0.29, 0.717) is 6.04 Å². The molecule has 1 fully saturated rings. The lowest BCUT2D eigenvalue weighted by Gasteiger charge is -2.16. The van der Waals surface area contributed by atoms with Crippen molar-refractivity contribution in [3.8, 4) is 0 Å². The lowest BCUT2D eigenvalue weighted by molar-refractivity contribution is 0.210. The van der Waals surface area contributed by atoms with Crippen LogP contribution < -0.4 is 5.32 Å². The van der Waals surface area contributed by atoms with Gasteiger partial charge in [-0.05, 0) is 13.8 Å². The molecule has 1 aliphatic heterocycles. The first-order chi connectivity index (χ1) is 5.25. The van der Waals surface area contributed by atoms with Crippen molar-refractivity contribution in [2.24, 2.45) is 0 Å². The number of urea groups is 1. The smallest absolute Gasteiger partial charge is 0.317 e. The summed E-state index contributed by atoms with van der Waals surface area (Å²) in [5.74, 6) is 0. The molecule has 1 heterocycles. The van der Waals surface area contributed by atoms with E-state index in [2.05, 4.69) is 5.32 Å².